The molecule has 114 valence electrons. The number of halogens is 1. The van der Waals surface area contributed by atoms with E-state index in [2.05, 4.69) is 5.32 Å². The molecule has 1 aromatic rings. The summed E-state index contributed by atoms with van der Waals surface area (Å²) < 4.78 is 19.5. The van der Waals surface area contributed by atoms with Gasteiger partial charge in [0.2, 0.25) is 0 Å². The standard InChI is InChI=1S/C15H18FNO4/c1-15(2,17-14(19)20)8-21-11-5-10-3-9(7-18)4-12(10)13(16)6-11/h5-7,9,17H,3-4,8H2,1-2H3,(H,19,20). The number of amides is 1. The van der Waals surface area contributed by atoms with Crippen molar-refractivity contribution in [1.82, 2.24) is 5.32 Å². The molecule has 0 bridgehead atoms. The van der Waals surface area contributed by atoms with Crippen LogP contribution in [0.15, 0.2) is 12.1 Å². The molecule has 0 fully saturated rings. The van der Waals surface area contributed by atoms with E-state index in [1.165, 1.54) is 6.07 Å². The molecule has 0 spiro atoms. The molecule has 2 N–H and O–H groups in total. The molecular weight excluding hydrogens is 277 g/mol. The van der Waals surface area contributed by atoms with Gasteiger partial charge in [0, 0.05) is 12.0 Å². The summed E-state index contributed by atoms with van der Waals surface area (Å²) in [7, 11) is 0. The summed E-state index contributed by atoms with van der Waals surface area (Å²) >= 11 is 0. The largest absolute Gasteiger partial charge is 0.491 e. The molecule has 2 rings (SSSR count). The van der Waals surface area contributed by atoms with Crippen LogP contribution in [0.4, 0.5) is 9.18 Å². The fourth-order valence-corrected chi connectivity index (χ4v) is 2.46. The number of benzene rings is 1. The van der Waals surface area contributed by atoms with Crippen LogP contribution in [0.5, 0.6) is 5.75 Å². The first-order valence-corrected chi connectivity index (χ1v) is 6.71. The summed E-state index contributed by atoms with van der Waals surface area (Å²) in [4.78, 5) is 21.5. The molecule has 0 aliphatic heterocycles. The first-order chi connectivity index (χ1) is 9.80. The number of rotatable bonds is 5. The van der Waals surface area contributed by atoms with Crippen molar-refractivity contribution in [3.63, 3.8) is 0 Å². The van der Waals surface area contributed by atoms with Gasteiger partial charge in [-0.3, -0.25) is 0 Å². The predicted molar refractivity (Wildman–Crippen MR) is 74.1 cm³/mol. The maximum atomic E-state index is 14.0. The Morgan fingerprint density at radius 3 is 2.86 bits per heavy atom. The van der Waals surface area contributed by atoms with Crippen LogP contribution in [0.3, 0.4) is 0 Å². The SMILES string of the molecule is CC(C)(COc1cc(F)c2c(c1)CC(C=O)C2)NC(=O)O. The minimum absolute atomic E-state index is 0.0780. The van der Waals surface area contributed by atoms with E-state index < -0.39 is 11.6 Å². The zero-order valence-electron chi connectivity index (χ0n) is 12.0. The van der Waals surface area contributed by atoms with Crippen molar-refractivity contribution in [2.45, 2.75) is 32.2 Å². The van der Waals surface area contributed by atoms with Crippen molar-refractivity contribution >= 4 is 12.4 Å². The van der Waals surface area contributed by atoms with E-state index in [0.29, 0.717) is 24.2 Å². The highest BCUT2D eigenvalue weighted by Crippen LogP contribution is 2.31. The molecule has 1 atom stereocenters. The number of hydrogen-bond donors (Lipinski definition) is 2. The highest BCUT2D eigenvalue weighted by Gasteiger charge is 2.26. The summed E-state index contributed by atoms with van der Waals surface area (Å²) in [5, 5.41) is 11.0. The fourth-order valence-electron chi connectivity index (χ4n) is 2.46. The smallest absolute Gasteiger partial charge is 0.405 e. The normalized spacial score (nSPS) is 17.2. The topological polar surface area (TPSA) is 75.6 Å². The summed E-state index contributed by atoms with van der Waals surface area (Å²) in [6, 6.07) is 3.00. The van der Waals surface area contributed by atoms with Gasteiger partial charge in [0.25, 0.3) is 0 Å². The van der Waals surface area contributed by atoms with Crippen molar-refractivity contribution in [3.8, 4) is 5.75 Å². The summed E-state index contributed by atoms with van der Waals surface area (Å²) in [6.45, 7) is 3.43. The van der Waals surface area contributed by atoms with Crippen molar-refractivity contribution < 1.29 is 23.8 Å². The second-order valence-corrected chi connectivity index (χ2v) is 5.95. The lowest BCUT2D eigenvalue weighted by Crippen LogP contribution is -2.47. The lowest BCUT2D eigenvalue weighted by Gasteiger charge is -2.24. The zero-order chi connectivity index (χ0) is 15.6. The summed E-state index contributed by atoms with van der Waals surface area (Å²) in [5.41, 5.74) is 0.570. The number of fused-ring (bicyclic) bond motifs is 1. The Labute approximate surface area is 122 Å². The van der Waals surface area contributed by atoms with Crippen LogP contribution in [-0.4, -0.2) is 29.6 Å². The minimum Gasteiger partial charge on any atom is -0.491 e. The van der Waals surface area contributed by atoms with Crippen molar-refractivity contribution in [1.29, 1.82) is 0 Å². The second-order valence-electron chi connectivity index (χ2n) is 5.95. The monoisotopic (exact) mass is 295 g/mol. The van der Waals surface area contributed by atoms with Gasteiger partial charge in [-0.05, 0) is 43.9 Å². The molecule has 5 nitrogen and oxygen atoms in total. The minimum atomic E-state index is -1.14. The third-order valence-corrected chi connectivity index (χ3v) is 3.45. The number of carboxylic acid groups (broad SMARTS) is 1. The van der Waals surface area contributed by atoms with Gasteiger partial charge >= 0.3 is 6.09 Å². The molecule has 1 aliphatic rings. The highest BCUT2D eigenvalue weighted by molar-refractivity contribution is 5.65. The number of aldehydes is 1. The number of nitrogens with one attached hydrogen (secondary N) is 1. The van der Waals surface area contributed by atoms with E-state index >= 15 is 0 Å². The first kappa shape index (κ1) is 15.3. The third kappa shape index (κ3) is 3.71. The highest BCUT2D eigenvalue weighted by atomic mass is 19.1. The molecule has 0 saturated heterocycles. The molecule has 0 heterocycles. The molecule has 0 saturated carbocycles. The van der Waals surface area contributed by atoms with E-state index in [4.69, 9.17) is 9.84 Å². The van der Waals surface area contributed by atoms with Crippen molar-refractivity contribution in [2.24, 2.45) is 5.92 Å². The number of hydrogen-bond acceptors (Lipinski definition) is 3. The van der Waals surface area contributed by atoms with Gasteiger partial charge in [0.1, 0.15) is 24.5 Å². The zero-order valence-corrected chi connectivity index (χ0v) is 12.0. The van der Waals surface area contributed by atoms with E-state index in [1.807, 2.05) is 0 Å². The Morgan fingerprint density at radius 2 is 2.24 bits per heavy atom. The quantitative estimate of drug-likeness (QED) is 0.816. The lowest BCUT2D eigenvalue weighted by atomic mass is 10.1. The van der Waals surface area contributed by atoms with Gasteiger partial charge in [-0.15, -0.1) is 0 Å². The molecule has 1 aliphatic carbocycles. The molecule has 0 aromatic heterocycles. The van der Waals surface area contributed by atoms with E-state index in [9.17, 15) is 14.0 Å². The molecule has 21 heavy (non-hydrogen) atoms. The van der Waals surface area contributed by atoms with Gasteiger partial charge in [-0.1, -0.05) is 0 Å². The Kier molecular flexibility index (Phi) is 4.16. The number of ether oxygens (including phenoxy) is 1. The average molecular weight is 295 g/mol. The Bertz CT molecular complexity index is 571. The number of carbonyl (C=O) groups is 2. The van der Waals surface area contributed by atoms with Gasteiger partial charge in [0.15, 0.2) is 0 Å². The molecular formula is C15H18FNO4. The number of carbonyl (C=O) groups excluding carboxylic acids is 1. The Balaban J connectivity index is 2.08. The van der Waals surface area contributed by atoms with Crippen LogP contribution in [-0.2, 0) is 17.6 Å². The van der Waals surface area contributed by atoms with E-state index in [1.54, 1.807) is 19.9 Å². The first-order valence-electron chi connectivity index (χ1n) is 6.71. The molecule has 1 aromatic carbocycles. The summed E-state index contributed by atoms with van der Waals surface area (Å²) in [6.07, 6.45) is 0.651. The van der Waals surface area contributed by atoms with Crippen LogP contribution in [0.2, 0.25) is 0 Å². The molecule has 1 amide bonds. The third-order valence-electron chi connectivity index (χ3n) is 3.45. The van der Waals surface area contributed by atoms with Crippen molar-refractivity contribution in [3.05, 3.63) is 29.1 Å². The van der Waals surface area contributed by atoms with Crippen molar-refractivity contribution in [2.75, 3.05) is 6.61 Å². The van der Waals surface area contributed by atoms with Crippen LogP contribution in [0, 0.1) is 11.7 Å². The maximum absolute atomic E-state index is 14.0. The van der Waals surface area contributed by atoms with E-state index in [0.717, 1.165) is 11.8 Å². The Morgan fingerprint density at radius 1 is 1.52 bits per heavy atom. The van der Waals surface area contributed by atoms with Gasteiger partial charge in [-0.25, -0.2) is 9.18 Å². The van der Waals surface area contributed by atoms with Crippen LogP contribution < -0.4 is 10.1 Å². The Hall–Kier alpha value is -2.11. The summed E-state index contributed by atoms with van der Waals surface area (Å²) in [5.74, 6) is -0.205. The van der Waals surface area contributed by atoms with E-state index in [-0.39, 0.29) is 18.3 Å². The maximum Gasteiger partial charge on any atom is 0.405 e. The predicted octanol–water partition coefficient (Wildman–Crippen LogP) is 2.16. The second kappa shape index (κ2) is 5.71. The average Bonchev–Trinajstić information content (AvgIpc) is 2.79. The molecule has 1 unspecified atom stereocenters. The van der Waals surface area contributed by atoms with Gasteiger partial charge < -0.3 is 20.0 Å². The fraction of sp³-hybridized carbons (Fsp3) is 0.467. The van der Waals surface area contributed by atoms with Crippen LogP contribution in [0.25, 0.3) is 0 Å². The van der Waals surface area contributed by atoms with Gasteiger partial charge in [-0.2, -0.15) is 0 Å². The molecule has 6 heteroatoms. The van der Waals surface area contributed by atoms with Gasteiger partial charge in [0.05, 0.1) is 5.54 Å². The lowest BCUT2D eigenvalue weighted by molar-refractivity contribution is -0.110. The van der Waals surface area contributed by atoms with Crippen LogP contribution in [0.1, 0.15) is 25.0 Å². The molecule has 0 radical (unpaired) electrons. The van der Waals surface area contributed by atoms with Crippen LogP contribution >= 0.6 is 0 Å².